The van der Waals surface area contributed by atoms with E-state index in [4.69, 9.17) is 13.7 Å². The van der Waals surface area contributed by atoms with Crippen molar-refractivity contribution in [2.45, 2.75) is 200 Å². The average Bonchev–Trinajstić information content (AvgIpc) is 3.16. The molecule has 328 valence electrons. The van der Waals surface area contributed by atoms with E-state index in [-0.39, 0.29) is 39.6 Å². The number of aliphatic hydroxyl groups is 2. The van der Waals surface area contributed by atoms with Crippen LogP contribution >= 0.6 is 0 Å². The highest BCUT2D eigenvalue weighted by atomic mass is 32.2. The highest BCUT2D eigenvalue weighted by molar-refractivity contribution is 7.84. The molecule has 10 heteroatoms. The molecule has 0 unspecified atom stereocenters. The van der Waals surface area contributed by atoms with Crippen LogP contribution in [0.2, 0.25) is 0 Å². The minimum atomic E-state index is -4.03. The Morgan fingerprint density at radius 1 is 0.491 bits per heavy atom. The molecule has 0 fully saturated rings. The van der Waals surface area contributed by atoms with Gasteiger partial charge in [0.05, 0.1) is 39.1 Å². The Labute approximate surface area is 341 Å². The van der Waals surface area contributed by atoms with Crippen LogP contribution in [0, 0.1) is 0 Å². The second kappa shape index (κ2) is 44.3. The van der Waals surface area contributed by atoms with Gasteiger partial charge in [-0.2, -0.15) is 13.1 Å². The number of hydrogen-bond acceptors (Lipinski definition) is 8. The van der Waals surface area contributed by atoms with E-state index in [2.05, 4.69) is 42.9 Å². The number of rotatable bonds is 46. The summed E-state index contributed by atoms with van der Waals surface area (Å²) in [6.07, 6.45) is 44.6. The molecular weight excluding hydrogens is 713 g/mol. The van der Waals surface area contributed by atoms with Gasteiger partial charge in [-0.3, -0.25) is 9.08 Å². The summed E-state index contributed by atoms with van der Waals surface area (Å²) < 4.78 is 45.2. The largest absolute Gasteiger partial charge is 0.395 e. The molecule has 0 radical (unpaired) electrons. The SMILES string of the molecule is CCCCCCCC/C=C\CCCCCCCCOCC(COCCCCCCCC/C=C\CCCCCCCC)NS(=O)(=O)OCCN(CCO)CCO. The van der Waals surface area contributed by atoms with Crippen LogP contribution in [0.5, 0.6) is 0 Å². The van der Waals surface area contributed by atoms with Crippen molar-refractivity contribution in [3.8, 4) is 0 Å². The lowest BCUT2D eigenvalue weighted by atomic mass is 10.1. The van der Waals surface area contributed by atoms with Crippen molar-refractivity contribution >= 4 is 10.3 Å². The van der Waals surface area contributed by atoms with E-state index in [1.807, 2.05) is 0 Å². The topological polar surface area (TPSA) is 118 Å². The highest BCUT2D eigenvalue weighted by Crippen LogP contribution is 2.12. The first-order chi connectivity index (χ1) is 27.0. The number of aliphatic hydroxyl groups excluding tert-OH is 2. The molecule has 0 amide bonds. The van der Waals surface area contributed by atoms with Crippen LogP contribution in [0.25, 0.3) is 0 Å². The molecule has 0 aliphatic heterocycles. The fourth-order valence-corrected chi connectivity index (χ4v) is 7.51. The van der Waals surface area contributed by atoms with E-state index in [1.165, 1.54) is 154 Å². The lowest BCUT2D eigenvalue weighted by Crippen LogP contribution is -2.43. The third-order valence-electron chi connectivity index (χ3n) is 10.0. The van der Waals surface area contributed by atoms with Crippen molar-refractivity contribution < 1.29 is 32.3 Å². The van der Waals surface area contributed by atoms with Gasteiger partial charge < -0.3 is 19.7 Å². The summed E-state index contributed by atoms with van der Waals surface area (Å²) in [5, 5.41) is 18.4. The van der Waals surface area contributed by atoms with Gasteiger partial charge >= 0.3 is 10.3 Å². The lowest BCUT2D eigenvalue weighted by Gasteiger charge is -2.21. The second-order valence-corrected chi connectivity index (χ2v) is 16.8. The molecule has 0 aromatic rings. The molecule has 0 bridgehead atoms. The van der Waals surface area contributed by atoms with Gasteiger partial charge in [-0.05, 0) is 64.2 Å². The zero-order valence-electron chi connectivity index (χ0n) is 36.0. The molecule has 0 aromatic carbocycles. The summed E-state index contributed by atoms with van der Waals surface area (Å²) in [7, 11) is -4.03. The number of nitrogens with one attached hydrogen (secondary N) is 1. The fraction of sp³-hybridized carbons (Fsp3) is 0.911. The molecule has 0 aliphatic rings. The Kier molecular flexibility index (Phi) is 43.6. The predicted molar refractivity (Wildman–Crippen MR) is 233 cm³/mol. The molecule has 0 atom stereocenters. The van der Waals surface area contributed by atoms with E-state index in [0.29, 0.717) is 26.3 Å². The molecule has 55 heavy (non-hydrogen) atoms. The number of unbranched alkanes of at least 4 members (excludes halogenated alkanes) is 24. The van der Waals surface area contributed by atoms with Crippen molar-refractivity contribution in [2.24, 2.45) is 0 Å². The Morgan fingerprint density at radius 3 is 1.20 bits per heavy atom. The Bertz CT molecular complexity index is 867. The van der Waals surface area contributed by atoms with Crippen LogP contribution in [-0.4, -0.2) is 95.5 Å². The minimum absolute atomic E-state index is 0.0737. The van der Waals surface area contributed by atoms with Gasteiger partial charge in [0.2, 0.25) is 0 Å². The molecule has 0 rings (SSSR count). The highest BCUT2D eigenvalue weighted by Gasteiger charge is 2.20. The first kappa shape index (κ1) is 54.2. The third-order valence-corrected chi connectivity index (χ3v) is 11.1. The zero-order chi connectivity index (χ0) is 40.2. The van der Waals surface area contributed by atoms with Gasteiger partial charge in [-0.25, -0.2) is 0 Å². The summed E-state index contributed by atoms with van der Waals surface area (Å²) in [5.41, 5.74) is 0. The molecule has 0 aliphatic carbocycles. The normalized spacial score (nSPS) is 12.5. The van der Waals surface area contributed by atoms with Crippen LogP contribution in [0.4, 0.5) is 0 Å². The summed E-state index contributed by atoms with van der Waals surface area (Å²) >= 11 is 0. The number of allylic oxidation sites excluding steroid dienone is 4. The van der Waals surface area contributed by atoms with Crippen LogP contribution in [-0.2, 0) is 24.0 Å². The van der Waals surface area contributed by atoms with E-state index in [0.717, 1.165) is 25.7 Å². The predicted octanol–water partition coefficient (Wildman–Crippen LogP) is 10.6. The summed E-state index contributed by atoms with van der Waals surface area (Å²) in [6, 6.07) is -0.542. The molecule has 0 spiro atoms. The maximum Gasteiger partial charge on any atom is 0.336 e. The van der Waals surface area contributed by atoms with Crippen molar-refractivity contribution in [1.82, 2.24) is 9.62 Å². The van der Waals surface area contributed by atoms with E-state index in [9.17, 15) is 18.6 Å². The van der Waals surface area contributed by atoms with E-state index in [1.54, 1.807) is 4.90 Å². The van der Waals surface area contributed by atoms with Crippen molar-refractivity contribution in [2.75, 3.05) is 65.9 Å². The maximum atomic E-state index is 12.8. The van der Waals surface area contributed by atoms with Crippen LogP contribution in [0.15, 0.2) is 24.3 Å². The first-order valence-corrected chi connectivity index (χ1v) is 24.5. The van der Waals surface area contributed by atoms with Gasteiger partial charge in [0.1, 0.15) is 0 Å². The first-order valence-electron chi connectivity index (χ1n) is 23.0. The lowest BCUT2D eigenvalue weighted by molar-refractivity contribution is 0.0582. The van der Waals surface area contributed by atoms with Crippen molar-refractivity contribution in [1.29, 1.82) is 0 Å². The quantitative estimate of drug-likeness (QED) is 0.0411. The number of ether oxygens (including phenoxy) is 2. The Hall–Kier alpha value is -0.850. The summed E-state index contributed by atoms with van der Waals surface area (Å²) in [4.78, 5) is 1.75. The van der Waals surface area contributed by atoms with Gasteiger partial charge in [0.15, 0.2) is 0 Å². The summed E-state index contributed by atoms with van der Waals surface area (Å²) in [5.74, 6) is 0. The number of hydrogen-bond donors (Lipinski definition) is 3. The average molecular weight is 803 g/mol. The summed E-state index contributed by atoms with van der Waals surface area (Å²) in [6.45, 7) is 6.90. The smallest absolute Gasteiger partial charge is 0.336 e. The standard InChI is InChI=1S/C45H90N2O7S/c1-3-5-7-9-11-13-15-17-19-21-23-25-27-29-31-33-40-52-43-45(46-55(50,51)54-42-37-47(35-38-48)36-39-49)44-53-41-34-32-30-28-26-24-22-20-18-16-14-12-10-8-6-4-2/h17-20,45-46,48-49H,3-16,21-44H2,1-2H3/b19-17-,20-18-. The van der Waals surface area contributed by atoms with Crippen LogP contribution < -0.4 is 4.72 Å². The van der Waals surface area contributed by atoms with Crippen molar-refractivity contribution in [3.63, 3.8) is 0 Å². The Morgan fingerprint density at radius 2 is 0.836 bits per heavy atom. The minimum Gasteiger partial charge on any atom is -0.395 e. The van der Waals surface area contributed by atoms with E-state index < -0.39 is 16.3 Å². The molecule has 0 saturated heterocycles. The molecule has 0 saturated carbocycles. The zero-order valence-corrected chi connectivity index (χ0v) is 36.9. The molecule has 0 aromatic heterocycles. The fourth-order valence-electron chi connectivity index (χ4n) is 6.60. The third kappa shape index (κ3) is 42.6. The van der Waals surface area contributed by atoms with Gasteiger partial charge in [-0.15, -0.1) is 0 Å². The van der Waals surface area contributed by atoms with Crippen LogP contribution in [0.3, 0.4) is 0 Å². The Balaban J connectivity index is 4.25. The van der Waals surface area contributed by atoms with Crippen LogP contribution in [0.1, 0.15) is 194 Å². The maximum absolute atomic E-state index is 12.8. The molecule has 0 heterocycles. The molecular formula is C45H90N2O7S. The monoisotopic (exact) mass is 803 g/mol. The number of nitrogens with zero attached hydrogens (tertiary/aromatic N) is 1. The van der Waals surface area contributed by atoms with E-state index >= 15 is 0 Å². The van der Waals surface area contributed by atoms with Gasteiger partial charge in [-0.1, -0.05) is 154 Å². The molecule has 9 nitrogen and oxygen atoms in total. The van der Waals surface area contributed by atoms with Gasteiger partial charge in [0, 0.05) is 32.8 Å². The van der Waals surface area contributed by atoms with Crippen molar-refractivity contribution in [3.05, 3.63) is 24.3 Å². The molecule has 3 N–H and O–H groups in total. The second-order valence-electron chi connectivity index (χ2n) is 15.4. The van der Waals surface area contributed by atoms with Gasteiger partial charge in [0.25, 0.3) is 0 Å².